The Kier molecular flexibility index (Phi) is 3.34. The van der Waals surface area contributed by atoms with Gasteiger partial charge in [-0.2, -0.15) is 0 Å². The van der Waals surface area contributed by atoms with Crippen LogP contribution in [-0.2, 0) is 4.79 Å². The Morgan fingerprint density at radius 2 is 2.00 bits per heavy atom. The molecule has 1 amide bonds. The van der Waals surface area contributed by atoms with E-state index in [-0.39, 0.29) is 5.91 Å². The van der Waals surface area contributed by atoms with Crippen molar-refractivity contribution >= 4 is 5.91 Å². The molecule has 0 saturated heterocycles. The molecule has 108 valence electrons. The highest BCUT2D eigenvalue weighted by Gasteiger charge is 2.48. The number of primary amides is 1. The van der Waals surface area contributed by atoms with Gasteiger partial charge in [-0.25, -0.2) is 0 Å². The topological polar surface area (TPSA) is 58.4 Å². The number of amides is 1. The highest BCUT2D eigenvalue weighted by Crippen LogP contribution is 2.40. The third-order valence-electron chi connectivity index (χ3n) is 5.54. The van der Waals surface area contributed by atoms with Crippen LogP contribution in [0, 0.1) is 5.92 Å². The summed E-state index contributed by atoms with van der Waals surface area (Å²) in [6.07, 6.45) is 8.05. The van der Waals surface area contributed by atoms with Crippen molar-refractivity contribution in [3.8, 4) is 0 Å². The highest BCUT2D eigenvalue weighted by molar-refractivity contribution is 5.85. The summed E-state index contributed by atoms with van der Waals surface area (Å²) in [7, 11) is 2.22. The lowest BCUT2D eigenvalue weighted by molar-refractivity contribution is -0.124. The van der Waals surface area contributed by atoms with Crippen molar-refractivity contribution < 1.29 is 4.79 Å². The molecular weight excluding hydrogens is 238 g/mol. The van der Waals surface area contributed by atoms with Gasteiger partial charge in [-0.15, -0.1) is 0 Å². The van der Waals surface area contributed by atoms with E-state index >= 15 is 0 Å². The van der Waals surface area contributed by atoms with Gasteiger partial charge in [-0.3, -0.25) is 4.79 Å². The van der Waals surface area contributed by atoms with E-state index in [1.165, 1.54) is 25.7 Å². The molecular formula is C15H27N3O. The van der Waals surface area contributed by atoms with Crippen LogP contribution in [0.5, 0.6) is 0 Å². The van der Waals surface area contributed by atoms with Crippen LogP contribution in [0.15, 0.2) is 0 Å². The van der Waals surface area contributed by atoms with E-state index in [4.69, 9.17) is 5.73 Å². The molecule has 0 heterocycles. The molecule has 3 rings (SSSR count). The van der Waals surface area contributed by atoms with Crippen LogP contribution in [0.25, 0.3) is 0 Å². The zero-order valence-corrected chi connectivity index (χ0v) is 12.2. The normalized spacial score (nSPS) is 36.7. The molecule has 0 aromatic carbocycles. The molecule has 0 aliphatic heterocycles. The summed E-state index contributed by atoms with van der Waals surface area (Å²) < 4.78 is 0. The molecule has 3 saturated carbocycles. The van der Waals surface area contributed by atoms with Crippen molar-refractivity contribution in [2.24, 2.45) is 11.7 Å². The number of nitrogens with one attached hydrogen (secondary N) is 1. The lowest BCUT2D eigenvalue weighted by atomic mass is 9.95. The fourth-order valence-corrected chi connectivity index (χ4v) is 3.66. The molecule has 3 atom stereocenters. The fraction of sp³-hybridized carbons (Fsp3) is 0.933. The first kappa shape index (κ1) is 13.4. The second kappa shape index (κ2) is 4.74. The van der Waals surface area contributed by atoms with Crippen LogP contribution in [0.4, 0.5) is 0 Å². The van der Waals surface area contributed by atoms with E-state index in [1.807, 2.05) is 0 Å². The smallest absolute Gasteiger partial charge is 0.237 e. The molecule has 3 N–H and O–H groups in total. The van der Waals surface area contributed by atoms with Crippen molar-refractivity contribution in [2.75, 3.05) is 7.05 Å². The summed E-state index contributed by atoms with van der Waals surface area (Å²) >= 11 is 0. The van der Waals surface area contributed by atoms with Crippen molar-refractivity contribution in [3.63, 3.8) is 0 Å². The predicted octanol–water partition coefficient (Wildman–Crippen LogP) is 1.25. The lowest BCUT2D eigenvalue weighted by Crippen LogP contribution is -2.55. The van der Waals surface area contributed by atoms with Crippen molar-refractivity contribution in [1.82, 2.24) is 10.2 Å². The second-order valence-electron chi connectivity index (χ2n) is 7.01. The van der Waals surface area contributed by atoms with E-state index in [2.05, 4.69) is 24.2 Å². The zero-order valence-electron chi connectivity index (χ0n) is 12.2. The first-order valence-corrected chi connectivity index (χ1v) is 7.81. The Hall–Kier alpha value is -0.610. The Morgan fingerprint density at radius 3 is 2.53 bits per heavy atom. The molecule has 0 spiro atoms. The van der Waals surface area contributed by atoms with Crippen LogP contribution in [0.3, 0.4) is 0 Å². The largest absolute Gasteiger partial charge is 0.368 e. The van der Waals surface area contributed by atoms with E-state index in [0.29, 0.717) is 18.1 Å². The number of carbonyl (C=O) groups is 1. The van der Waals surface area contributed by atoms with Crippen LogP contribution < -0.4 is 11.1 Å². The molecule has 0 bridgehead atoms. The van der Waals surface area contributed by atoms with E-state index in [1.54, 1.807) is 0 Å². The maximum absolute atomic E-state index is 11.9. The lowest BCUT2D eigenvalue weighted by Gasteiger charge is -2.33. The van der Waals surface area contributed by atoms with Crippen molar-refractivity contribution in [2.45, 2.75) is 75.5 Å². The minimum absolute atomic E-state index is 0.144. The third-order valence-corrected chi connectivity index (χ3v) is 5.54. The molecule has 0 aromatic rings. The van der Waals surface area contributed by atoms with Crippen molar-refractivity contribution in [1.29, 1.82) is 0 Å². The minimum Gasteiger partial charge on any atom is -0.368 e. The van der Waals surface area contributed by atoms with E-state index in [9.17, 15) is 4.79 Å². The first-order valence-electron chi connectivity index (χ1n) is 7.81. The van der Waals surface area contributed by atoms with Gasteiger partial charge in [0.2, 0.25) is 5.91 Å². The second-order valence-corrected chi connectivity index (χ2v) is 7.01. The molecule has 3 aliphatic carbocycles. The van der Waals surface area contributed by atoms with Crippen molar-refractivity contribution in [3.05, 3.63) is 0 Å². The third kappa shape index (κ3) is 2.65. The quantitative estimate of drug-likeness (QED) is 0.760. The number of nitrogens with zero attached hydrogens (tertiary/aromatic N) is 1. The predicted molar refractivity (Wildman–Crippen MR) is 75.7 cm³/mol. The van der Waals surface area contributed by atoms with Gasteiger partial charge in [0.15, 0.2) is 0 Å². The molecule has 4 heteroatoms. The van der Waals surface area contributed by atoms with E-state index < -0.39 is 5.54 Å². The standard InChI is InChI=1S/C15H27N3O/c1-10(11-3-4-11)18(2)13-7-8-15(9-13,14(16)19)17-12-5-6-12/h10-13,17H,3-9H2,1-2H3,(H2,16,19). The number of hydrogen-bond donors (Lipinski definition) is 2. The highest BCUT2D eigenvalue weighted by atomic mass is 16.1. The molecule has 19 heavy (non-hydrogen) atoms. The maximum atomic E-state index is 11.9. The van der Waals surface area contributed by atoms with Gasteiger partial charge in [-0.05, 0) is 64.8 Å². The summed E-state index contributed by atoms with van der Waals surface area (Å²) in [5.74, 6) is 0.736. The van der Waals surface area contributed by atoms with Crippen LogP contribution >= 0.6 is 0 Å². The van der Waals surface area contributed by atoms with Gasteiger partial charge in [0.25, 0.3) is 0 Å². The van der Waals surface area contributed by atoms with Gasteiger partial charge in [0.1, 0.15) is 0 Å². The summed E-state index contributed by atoms with van der Waals surface area (Å²) in [6.45, 7) is 2.33. The van der Waals surface area contributed by atoms with Gasteiger partial charge in [0.05, 0.1) is 5.54 Å². The van der Waals surface area contributed by atoms with Crippen LogP contribution in [-0.4, -0.2) is 41.5 Å². The average Bonchev–Trinajstić information content (AvgIpc) is 3.27. The van der Waals surface area contributed by atoms with Crippen LogP contribution in [0.1, 0.15) is 51.9 Å². The molecule has 4 nitrogen and oxygen atoms in total. The first-order chi connectivity index (χ1) is 9.02. The summed E-state index contributed by atoms with van der Waals surface area (Å²) in [5.41, 5.74) is 5.27. The fourth-order valence-electron chi connectivity index (χ4n) is 3.66. The van der Waals surface area contributed by atoms with Crippen LogP contribution in [0.2, 0.25) is 0 Å². The van der Waals surface area contributed by atoms with Gasteiger partial charge < -0.3 is 16.0 Å². The van der Waals surface area contributed by atoms with E-state index in [0.717, 1.165) is 25.2 Å². The van der Waals surface area contributed by atoms with Gasteiger partial charge in [-0.1, -0.05) is 0 Å². The maximum Gasteiger partial charge on any atom is 0.237 e. The van der Waals surface area contributed by atoms with Gasteiger partial charge in [0, 0.05) is 18.1 Å². The summed E-state index contributed by atoms with van der Waals surface area (Å²) in [5, 5.41) is 3.53. The molecule has 0 aromatic heterocycles. The number of hydrogen-bond acceptors (Lipinski definition) is 3. The average molecular weight is 265 g/mol. The zero-order chi connectivity index (χ0) is 13.6. The molecule has 3 fully saturated rings. The Morgan fingerprint density at radius 1 is 1.32 bits per heavy atom. The van der Waals surface area contributed by atoms with Gasteiger partial charge >= 0.3 is 0 Å². The number of rotatable bonds is 6. The Bertz CT molecular complexity index is 364. The Labute approximate surface area is 116 Å². The molecule has 3 aliphatic rings. The molecule has 0 radical (unpaired) electrons. The SMILES string of the molecule is CC(C1CC1)N(C)C1CCC(NC2CC2)(C(N)=O)C1. The number of nitrogens with two attached hydrogens (primary N) is 1. The minimum atomic E-state index is -0.427. The summed E-state index contributed by atoms with van der Waals surface area (Å²) in [4.78, 5) is 14.4. The Balaban J connectivity index is 1.64. The number of carbonyl (C=O) groups excluding carboxylic acids is 1. The monoisotopic (exact) mass is 265 g/mol. The molecule has 3 unspecified atom stereocenters. The summed E-state index contributed by atoms with van der Waals surface area (Å²) in [6, 6.07) is 1.70.